The van der Waals surface area contributed by atoms with Gasteiger partial charge in [0.25, 0.3) is 0 Å². The first-order valence-electron chi connectivity index (χ1n) is 9.13. The van der Waals surface area contributed by atoms with Crippen molar-refractivity contribution in [3.05, 3.63) is 58.0 Å². The number of ether oxygens (including phenoxy) is 1. The lowest BCUT2D eigenvalue weighted by Gasteiger charge is -2.41. The van der Waals surface area contributed by atoms with Gasteiger partial charge in [-0.3, -0.25) is 4.79 Å². The van der Waals surface area contributed by atoms with Crippen LogP contribution in [0, 0.1) is 5.41 Å². The summed E-state index contributed by atoms with van der Waals surface area (Å²) in [4.78, 5) is 12.0. The highest BCUT2D eigenvalue weighted by molar-refractivity contribution is 9.10. The molecule has 1 fully saturated rings. The van der Waals surface area contributed by atoms with Crippen molar-refractivity contribution in [2.24, 2.45) is 11.1 Å². The molecule has 0 saturated carbocycles. The van der Waals surface area contributed by atoms with Gasteiger partial charge in [-0.1, -0.05) is 33.6 Å². The number of piperidine rings is 1. The summed E-state index contributed by atoms with van der Waals surface area (Å²) in [5.74, 6) is 0.0804. The Morgan fingerprint density at radius 2 is 1.97 bits per heavy atom. The fourth-order valence-corrected chi connectivity index (χ4v) is 5.64. The molecule has 29 heavy (non-hydrogen) atoms. The van der Waals surface area contributed by atoms with E-state index in [4.69, 9.17) is 22.1 Å². The average molecular weight is 502 g/mol. The van der Waals surface area contributed by atoms with Crippen LogP contribution in [-0.4, -0.2) is 38.3 Å². The summed E-state index contributed by atoms with van der Waals surface area (Å²) in [5.41, 5.74) is 4.80. The van der Waals surface area contributed by atoms with Crippen LogP contribution in [0.2, 0.25) is 5.02 Å². The first-order valence-corrected chi connectivity index (χ1v) is 11.7. The zero-order chi connectivity index (χ0) is 21.1. The van der Waals surface area contributed by atoms with Gasteiger partial charge in [0.15, 0.2) is 0 Å². The summed E-state index contributed by atoms with van der Waals surface area (Å²) in [6.45, 7) is 0.716. The smallest absolute Gasteiger partial charge is 0.243 e. The molecule has 0 unspecified atom stereocenters. The molecule has 0 spiro atoms. The summed E-state index contributed by atoms with van der Waals surface area (Å²) in [6.07, 6.45) is 1.30. The third kappa shape index (κ3) is 5.51. The van der Waals surface area contributed by atoms with E-state index in [-0.39, 0.29) is 24.5 Å². The number of hydrogen-bond acceptors (Lipinski definition) is 4. The summed E-state index contributed by atoms with van der Waals surface area (Å²) >= 11 is 9.32. The summed E-state index contributed by atoms with van der Waals surface area (Å²) < 4.78 is 34.4. The molecule has 0 bridgehead atoms. The number of amides is 1. The van der Waals surface area contributed by atoms with Crippen molar-refractivity contribution >= 4 is 43.5 Å². The van der Waals surface area contributed by atoms with Gasteiger partial charge >= 0.3 is 0 Å². The van der Waals surface area contributed by atoms with Crippen LogP contribution in [-0.2, 0) is 14.8 Å². The predicted molar refractivity (Wildman–Crippen MR) is 115 cm³/mol. The van der Waals surface area contributed by atoms with E-state index in [1.165, 1.54) is 4.31 Å². The topological polar surface area (TPSA) is 89.7 Å². The molecule has 2 N–H and O–H groups in total. The molecule has 2 aromatic rings. The van der Waals surface area contributed by atoms with Crippen LogP contribution in [0.5, 0.6) is 5.75 Å². The van der Waals surface area contributed by atoms with Crippen LogP contribution in [0.1, 0.15) is 19.3 Å². The minimum atomic E-state index is -3.69. The number of nitrogens with zero attached hydrogens (tertiary/aromatic N) is 1. The van der Waals surface area contributed by atoms with Crippen LogP contribution in [0.25, 0.3) is 0 Å². The number of carbonyl (C=O) groups excluding carboxylic acids is 1. The highest BCUT2D eigenvalue weighted by Gasteiger charge is 2.42. The molecule has 2 aromatic carbocycles. The van der Waals surface area contributed by atoms with Crippen molar-refractivity contribution in [1.82, 2.24) is 4.31 Å². The Bertz CT molecular complexity index is 984. The predicted octanol–water partition coefficient (Wildman–Crippen LogP) is 3.83. The van der Waals surface area contributed by atoms with Gasteiger partial charge in [-0.25, -0.2) is 8.42 Å². The molecule has 6 nitrogen and oxygen atoms in total. The zero-order valence-corrected chi connectivity index (χ0v) is 18.8. The molecule has 1 aliphatic heterocycles. The molecule has 1 atom stereocenters. The Balaban J connectivity index is 1.83. The van der Waals surface area contributed by atoms with Gasteiger partial charge in [0.1, 0.15) is 5.75 Å². The van der Waals surface area contributed by atoms with Gasteiger partial charge < -0.3 is 10.5 Å². The number of rotatable bonds is 7. The molecule has 9 heteroatoms. The van der Waals surface area contributed by atoms with Gasteiger partial charge in [-0.05, 0) is 55.3 Å². The van der Waals surface area contributed by atoms with Crippen molar-refractivity contribution < 1.29 is 17.9 Å². The van der Waals surface area contributed by atoms with Crippen LogP contribution in [0.15, 0.2) is 57.9 Å². The van der Waals surface area contributed by atoms with Crippen LogP contribution < -0.4 is 10.5 Å². The number of primary amides is 1. The molecule has 1 saturated heterocycles. The molecule has 0 aromatic heterocycles. The van der Waals surface area contributed by atoms with Gasteiger partial charge in [-0.2, -0.15) is 4.31 Å². The van der Waals surface area contributed by atoms with Crippen molar-refractivity contribution in [1.29, 1.82) is 0 Å². The van der Waals surface area contributed by atoms with Crippen LogP contribution >= 0.6 is 27.5 Å². The van der Waals surface area contributed by atoms with E-state index in [9.17, 15) is 13.2 Å². The molecule has 0 radical (unpaired) electrons. The Morgan fingerprint density at radius 1 is 1.24 bits per heavy atom. The first kappa shape index (κ1) is 22.1. The Kier molecular flexibility index (Phi) is 6.88. The number of hydrogen-bond donors (Lipinski definition) is 1. The molecule has 3 rings (SSSR count). The maximum Gasteiger partial charge on any atom is 0.243 e. The van der Waals surface area contributed by atoms with Crippen LogP contribution in [0.3, 0.4) is 0 Å². The largest absolute Gasteiger partial charge is 0.493 e. The van der Waals surface area contributed by atoms with E-state index < -0.39 is 21.3 Å². The second-order valence-electron chi connectivity index (χ2n) is 7.29. The summed E-state index contributed by atoms with van der Waals surface area (Å²) in [5, 5.41) is 0.537. The van der Waals surface area contributed by atoms with Gasteiger partial charge in [0, 0.05) is 34.4 Å². The molecule has 156 valence electrons. The van der Waals surface area contributed by atoms with Crippen molar-refractivity contribution in [2.75, 3.05) is 19.7 Å². The van der Waals surface area contributed by atoms with E-state index in [0.717, 1.165) is 4.47 Å². The average Bonchev–Trinajstić information content (AvgIpc) is 2.67. The molecule has 1 amide bonds. The lowest BCUT2D eigenvalue weighted by Crippen LogP contribution is -2.50. The fourth-order valence-electron chi connectivity index (χ4n) is 3.60. The zero-order valence-electron chi connectivity index (χ0n) is 15.7. The lowest BCUT2D eigenvalue weighted by atomic mass is 9.78. The number of carbonyl (C=O) groups is 1. The minimum absolute atomic E-state index is 0.0416. The van der Waals surface area contributed by atoms with Crippen molar-refractivity contribution in [3.8, 4) is 5.75 Å². The van der Waals surface area contributed by atoms with Crippen LogP contribution in [0.4, 0.5) is 0 Å². The minimum Gasteiger partial charge on any atom is -0.493 e. The van der Waals surface area contributed by atoms with E-state index in [2.05, 4.69) is 15.9 Å². The SMILES string of the molecule is NC(=O)C[C@@]1(COc2cccc(Cl)c2)CCCN(S(=O)(=O)c2ccc(Br)cc2)C1. The normalized spacial score (nSPS) is 20.3. The first-order chi connectivity index (χ1) is 13.7. The molecular weight excluding hydrogens is 480 g/mol. The second-order valence-corrected chi connectivity index (χ2v) is 10.6. The van der Waals surface area contributed by atoms with Gasteiger partial charge in [-0.15, -0.1) is 0 Å². The standard InChI is InChI=1S/C20H22BrClN2O4S/c21-15-5-7-18(8-6-15)29(26,27)24-10-2-9-20(13-24,12-19(23)25)14-28-17-4-1-3-16(22)11-17/h1,3-8,11H,2,9-10,12-14H2,(H2,23,25)/t20-/m0/s1. The third-order valence-electron chi connectivity index (χ3n) is 4.97. The van der Waals surface area contributed by atoms with E-state index in [1.54, 1.807) is 48.5 Å². The highest BCUT2D eigenvalue weighted by Crippen LogP contribution is 2.37. The Labute approximate surface area is 184 Å². The lowest BCUT2D eigenvalue weighted by molar-refractivity contribution is -0.121. The van der Waals surface area contributed by atoms with E-state index >= 15 is 0 Å². The number of nitrogens with two attached hydrogens (primary N) is 1. The third-order valence-corrected chi connectivity index (χ3v) is 7.59. The van der Waals surface area contributed by atoms with Crippen molar-refractivity contribution in [2.45, 2.75) is 24.2 Å². The maximum absolute atomic E-state index is 13.1. The highest BCUT2D eigenvalue weighted by atomic mass is 79.9. The van der Waals surface area contributed by atoms with Crippen molar-refractivity contribution in [3.63, 3.8) is 0 Å². The van der Waals surface area contributed by atoms with E-state index in [1.807, 2.05) is 0 Å². The molecular formula is C20H22BrClN2O4S. The number of halogens is 2. The van der Waals surface area contributed by atoms with Gasteiger partial charge in [0.05, 0.1) is 11.5 Å². The summed E-state index contributed by atoms with van der Waals surface area (Å²) in [7, 11) is -3.69. The monoisotopic (exact) mass is 500 g/mol. The molecule has 0 aliphatic carbocycles. The fraction of sp³-hybridized carbons (Fsp3) is 0.350. The Morgan fingerprint density at radius 3 is 2.62 bits per heavy atom. The number of sulfonamides is 1. The Hall–Kier alpha value is -1.61. The quantitative estimate of drug-likeness (QED) is 0.624. The van der Waals surface area contributed by atoms with Gasteiger partial charge in [0.2, 0.25) is 15.9 Å². The van der Waals surface area contributed by atoms with E-state index in [0.29, 0.717) is 30.2 Å². The molecule has 1 heterocycles. The molecule has 1 aliphatic rings. The second kappa shape index (κ2) is 9.04. The summed E-state index contributed by atoms with van der Waals surface area (Å²) in [6, 6.07) is 13.5. The number of benzene rings is 2. The maximum atomic E-state index is 13.1.